The molecule has 0 aliphatic heterocycles. The van der Waals surface area contributed by atoms with Crippen molar-refractivity contribution in [1.82, 2.24) is 0 Å². The number of nitriles is 1. The van der Waals surface area contributed by atoms with Gasteiger partial charge in [-0.25, -0.2) is 4.39 Å². The van der Waals surface area contributed by atoms with Crippen molar-refractivity contribution in [2.24, 2.45) is 5.73 Å². The standard InChI is InChI=1S/C11H12FN3O/c1-11(2,14)10(16)15-8-3-4-9(12)7(5-8)6-13/h3-5H,14H2,1-2H3,(H,15,16). The van der Waals surface area contributed by atoms with E-state index in [0.717, 1.165) is 6.07 Å². The van der Waals surface area contributed by atoms with Crippen molar-refractivity contribution < 1.29 is 9.18 Å². The minimum Gasteiger partial charge on any atom is -0.324 e. The Morgan fingerprint density at radius 2 is 2.19 bits per heavy atom. The maximum atomic E-state index is 13.0. The molecule has 0 saturated heterocycles. The molecular weight excluding hydrogens is 209 g/mol. The molecule has 0 radical (unpaired) electrons. The van der Waals surface area contributed by atoms with E-state index in [2.05, 4.69) is 5.32 Å². The summed E-state index contributed by atoms with van der Waals surface area (Å²) < 4.78 is 13.0. The van der Waals surface area contributed by atoms with Gasteiger partial charge in [-0.15, -0.1) is 0 Å². The Morgan fingerprint density at radius 1 is 1.56 bits per heavy atom. The highest BCUT2D eigenvalue weighted by Crippen LogP contribution is 2.15. The Morgan fingerprint density at radius 3 is 2.69 bits per heavy atom. The smallest absolute Gasteiger partial charge is 0.243 e. The third-order valence-electron chi connectivity index (χ3n) is 1.93. The van der Waals surface area contributed by atoms with E-state index >= 15 is 0 Å². The predicted octanol–water partition coefficient (Wildman–Crippen LogP) is 1.37. The first kappa shape index (κ1) is 12.1. The molecule has 1 rings (SSSR count). The topological polar surface area (TPSA) is 78.9 Å². The Balaban J connectivity index is 2.92. The summed E-state index contributed by atoms with van der Waals surface area (Å²) in [4.78, 5) is 11.5. The van der Waals surface area contributed by atoms with Gasteiger partial charge in [0.05, 0.1) is 11.1 Å². The molecule has 0 unspecified atom stereocenters. The van der Waals surface area contributed by atoms with E-state index in [9.17, 15) is 9.18 Å². The van der Waals surface area contributed by atoms with E-state index in [4.69, 9.17) is 11.0 Å². The molecule has 4 nitrogen and oxygen atoms in total. The van der Waals surface area contributed by atoms with Crippen molar-refractivity contribution in [3.63, 3.8) is 0 Å². The Bertz CT molecular complexity index is 457. The number of carbonyl (C=O) groups excluding carboxylic acids is 1. The van der Waals surface area contributed by atoms with Crippen molar-refractivity contribution in [3.8, 4) is 6.07 Å². The largest absolute Gasteiger partial charge is 0.324 e. The molecule has 0 atom stereocenters. The number of anilines is 1. The molecule has 84 valence electrons. The van der Waals surface area contributed by atoms with Gasteiger partial charge in [0, 0.05) is 5.69 Å². The lowest BCUT2D eigenvalue weighted by Gasteiger charge is -2.17. The van der Waals surface area contributed by atoms with E-state index < -0.39 is 17.3 Å². The third-order valence-corrected chi connectivity index (χ3v) is 1.93. The minimum atomic E-state index is -1.03. The first-order chi connectivity index (χ1) is 7.34. The van der Waals surface area contributed by atoms with Gasteiger partial charge in [-0.05, 0) is 32.0 Å². The lowest BCUT2D eigenvalue weighted by Crippen LogP contribution is -2.45. The van der Waals surface area contributed by atoms with Crippen LogP contribution in [0.5, 0.6) is 0 Å². The molecule has 0 aromatic heterocycles. The van der Waals surface area contributed by atoms with Crippen molar-refractivity contribution in [3.05, 3.63) is 29.6 Å². The highest BCUT2D eigenvalue weighted by Gasteiger charge is 2.21. The lowest BCUT2D eigenvalue weighted by molar-refractivity contribution is -0.120. The summed E-state index contributed by atoms with van der Waals surface area (Å²) in [5.41, 5.74) is 4.78. The van der Waals surface area contributed by atoms with Crippen LogP contribution in [0.4, 0.5) is 10.1 Å². The zero-order chi connectivity index (χ0) is 12.3. The summed E-state index contributed by atoms with van der Waals surface area (Å²) in [5.74, 6) is -1.02. The van der Waals surface area contributed by atoms with Crippen molar-refractivity contribution in [1.29, 1.82) is 5.26 Å². The number of nitrogens with one attached hydrogen (secondary N) is 1. The Labute approximate surface area is 92.9 Å². The second kappa shape index (κ2) is 4.29. The number of hydrogen-bond donors (Lipinski definition) is 2. The summed E-state index contributed by atoms with van der Waals surface area (Å²) >= 11 is 0. The quantitative estimate of drug-likeness (QED) is 0.791. The maximum absolute atomic E-state index is 13.0. The Hall–Kier alpha value is -1.93. The summed E-state index contributed by atoms with van der Waals surface area (Å²) in [6, 6.07) is 5.45. The zero-order valence-corrected chi connectivity index (χ0v) is 9.04. The van der Waals surface area contributed by atoms with Gasteiger partial charge in [0.15, 0.2) is 0 Å². The Kier molecular flexibility index (Phi) is 3.25. The molecule has 16 heavy (non-hydrogen) atoms. The first-order valence-corrected chi connectivity index (χ1v) is 4.64. The molecule has 0 spiro atoms. The number of nitrogens with zero attached hydrogens (tertiary/aromatic N) is 1. The number of rotatable bonds is 2. The number of amides is 1. The second-order valence-electron chi connectivity index (χ2n) is 3.98. The van der Waals surface area contributed by atoms with Gasteiger partial charge >= 0.3 is 0 Å². The molecule has 3 N–H and O–H groups in total. The van der Waals surface area contributed by atoms with Crippen LogP contribution >= 0.6 is 0 Å². The van der Waals surface area contributed by atoms with E-state index in [1.807, 2.05) is 0 Å². The normalized spacial score (nSPS) is 10.7. The fourth-order valence-corrected chi connectivity index (χ4v) is 0.981. The van der Waals surface area contributed by atoms with Crippen LogP contribution in [0, 0.1) is 17.1 Å². The van der Waals surface area contributed by atoms with Crippen LogP contribution in [-0.2, 0) is 4.79 Å². The molecule has 1 aromatic rings. The predicted molar refractivity (Wildman–Crippen MR) is 58.0 cm³/mol. The van der Waals surface area contributed by atoms with Crippen LogP contribution in [0.1, 0.15) is 19.4 Å². The average Bonchev–Trinajstić information content (AvgIpc) is 2.19. The zero-order valence-electron chi connectivity index (χ0n) is 9.04. The van der Waals surface area contributed by atoms with Gasteiger partial charge in [0.2, 0.25) is 5.91 Å². The van der Waals surface area contributed by atoms with Gasteiger partial charge in [-0.1, -0.05) is 0 Å². The molecule has 1 aromatic carbocycles. The minimum absolute atomic E-state index is 0.118. The summed E-state index contributed by atoms with van der Waals surface area (Å²) in [6.07, 6.45) is 0. The van der Waals surface area contributed by atoms with Gasteiger partial charge in [0.1, 0.15) is 11.9 Å². The number of nitrogens with two attached hydrogens (primary N) is 1. The van der Waals surface area contributed by atoms with E-state index in [0.29, 0.717) is 5.69 Å². The monoisotopic (exact) mass is 221 g/mol. The van der Waals surface area contributed by atoms with E-state index in [1.165, 1.54) is 12.1 Å². The van der Waals surface area contributed by atoms with Gasteiger partial charge in [0.25, 0.3) is 0 Å². The van der Waals surface area contributed by atoms with Crippen LogP contribution in [0.3, 0.4) is 0 Å². The number of hydrogen-bond acceptors (Lipinski definition) is 3. The average molecular weight is 221 g/mol. The molecule has 1 amide bonds. The highest BCUT2D eigenvalue weighted by molar-refractivity contribution is 5.97. The first-order valence-electron chi connectivity index (χ1n) is 4.64. The van der Waals surface area contributed by atoms with Crippen LogP contribution < -0.4 is 11.1 Å². The number of halogens is 1. The fourth-order valence-electron chi connectivity index (χ4n) is 0.981. The molecule has 0 heterocycles. The van der Waals surface area contributed by atoms with Crippen LogP contribution in [0.15, 0.2) is 18.2 Å². The molecule has 0 saturated carbocycles. The highest BCUT2D eigenvalue weighted by atomic mass is 19.1. The van der Waals surface area contributed by atoms with Gasteiger partial charge < -0.3 is 11.1 Å². The lowest BCUT2D eigenvalue weighted by atomic mass is 10.1. The molecule has 0 aliphatic carbocycles. The number of carbonyl (C=O) groups is 1. The van der Waals surface area contributed by atoms with E-state index in [-0.39, 0.29) is 5.56 Å². The van der Waals surface area contributed by atoms with Gasteiger partial charge in [-0.3, -0.25) is 4.79 Å². The fraction of sp³-hybridized carbons (Fsp3) is 0.273. The second-order valence-corrected chi connectivity index (χ2v) is 3.98. The van der Waals surface area contributed by atoms with Crippen LogP contribution in [0.25, 0.3) is 0 Å². The molecule has 5 heteroatoms. The van der Waals surface area contributed by atoms with Crippen LogP contribution in [-0.4, -0.2) is 11.4 Å². The molecular formula is C11H12FN3O. The maximum Gasteiger partial charge on any atom is 0.243 e. The molecule has 0 fully saturated rings. The molecule has 0 aliphatic rings. The summed E-state index contributed by atoms with van der Waals surface area (Å²) in [6.45, 7) is 3.11. The van der Waals surface area contributed by atoms with E-state index in [1.54, 1.807) is 19.9 Å². The van der Waals surface area contributed by atoms with Gasteiger partial charge in [-0.2, -0.15) is 5.26 Å². The number of benzene rings is 1. The van der Waals surface area contributed by atoms with Crippen LogP contribution in [0.2, 0.25) is 0 Å². The summed E-state index contributed by atoms with van der Waals surface area (Å²) in [7, 11) is 0. The van der Waals surface area contributed by atoms with Crippen molar-refractivity contribution in [2.75, 3.05) is 5.32 Å². The van der Waals surface area contributed by atoms with Crippen molar-refractivity contribution >= 4 is 11.6 Å². The van der Waals surface area contributed by atoms with Crippen molar-refractivity contribution in [2.45, 2.75) is 19.4 Å². The third kappa shape index (κ3) is 2.78. The summed E-state index contributed by atoms with van der Waals surface area (Å²) in [5, 5.41) is 11.1. The SMILES string of the molecule is CC(C)(N)C(=O)Nc1ccc(F)c(C#N)c1. The molecule has 0 bridgehead atoms.